The van der Waals surface area contributed by atoms with E-state index in [2.05, 4.69) is 167 Å². The number of hydrogen-bond acceptors (Lipinski definition) is 2. The SMILES string of the molecule is CC(C)c1cccc(C(C)C)c1N=C1C(Nc2c(C(C)C)cccc2C(C)C)=C2C=C[C@@H](C([Si](C)(C)C)[Si](C)(C)C)c3cccc1c32. The minimum atomic E-state index is -1.48. The Morgan fingerprint density at radius 3 is 1.55 bits per heavy atom. The Morgan fingerprint density at radius 1 is 0.617 bits per heavy atom. The van der Waals surface area contributed by atoms with E-state index in [-0.39, 0.29) is 0 Å². The number of benzene rings is 3. The van der Waals surface area contributed by atoms with E-state index >= 15 is 0 Å². The van der Waals surface area contributed by atoms with Gasteiger partial charge in [-0.1, -0.05) is 161 Å². The molecule has 4 heteroatoms. The molecule has 47 heavy (non-hydrogen) atoms. The zero-order valence-corrected chi connectivity index (χ0v) is 33.8. The van der Waals surface area contributed by atoms with Crippen molar-refractivity contribution in [2.24, 2.45) is 4.99 Å². The van der Waals surface area contributed by atoms with Crippen LogP contribution in [0.5, 0.6) is 0 Å². The van der Waals surface area contributed by atoms with Crippen LogP contribution in [0.4, 0.5) is 11.4 Å². The molecule has 0 aromatic heterocycles. The third-order valence-corrected chi connectivity index (χ3v) is 20.0. The summed E-state index contributed by atoms with van der Waals surface area (Å²) in [5.74, 6) is 2.00. The van der Waals surface area contributed by atoms with Gasteiger partial charge in [0.25, 0.3) is 0 Å². The van der Waals surface area contributed by atoms with Gasteiger partial charge in [-0.3, -0.25) is 0 Å². The fourth-order valence-corrected chi connectivity index (χ4v) is 21.8. The van der Waals surface area contributed by atoms with Crippen molar-refractivity contribution in [3.05, 3.63) is 111 Å². The van der Waals surface area contributed by atoms with E-state index in [1.54, 1.807) is 0 Å². The molecule has 3 aromatic carbocycles. The summed E-state index contributed by atoms with van der Waals surface area (Å²) in [4.78, 5) is 5.78. The molecular weight excluding hydrogens is 601 g/mol. The second-order valence-corrected chi connectivity index (χ2v) is 28.7. The Balaban J connectivity index is 1.85. The van der Waals surface area contributed by atoms with Gasteiger partial charge in [-0.2, -0.15) is 0 Å². The first kappa shape index (κ1) is 35.4. The van der Waals surface area contributed by atoms with Crippen LogP contribution in [0.1, 0.15) is 124 Å². The molecule has 1 atom stereocenters. The van der Waals surface area contributed by atoms with Crippen molar-refractivity contribution in [2.45, 2.75) is 129 Å². The third kappa shape index (κ3) is 6.70. The Morgan fingerprint density at radius 2 is 1.09 bits per heavy atom. The summed E-state index contributed by atoms with van der Waals surface area (Å²) in [6.07, 6.45) is 5.05. The number of hydrogen-bond donors (Lipinski definition) is 1. The second kappa shape index (κ2) is 13.2. The molecule has 0 saturated heterocycles. The molecule has 0 aliphatic heterocycles. The van der Waals surface area contributed by atoms with Gasteiger partial charge in [-0.25, -0.2) is 4.99 Å². The lowest BCUT2D eigenvalue weighted by atomic mass is 9.85. The van der Waals surface area contributed by atoms with Crippen molar-refractivity contribution in [1.82, 2.24) is 0 Å². The van der Waals surface area contributed by atoms with Gasteiger partial charge < -0.3 is 5.32 Å². The first-order valence-corrected chi connectivity index (χ1v) is 25.3. The number of nitrogens with zero attached hydrogens (tertiary/aromatic N) is 1. The normalized spacial score (nSPS) is 17.3. The molecule has 0 radical (unpaired) electrons. The second-order valence-electron chi connectivity index (χ2n) is 17.5. The predicted octanol–water partition coefficient (Wildman–Crippen LogP) is 13.4. The van der Waals surface area contributed by atoms with Gasteiger partial charge in [0, 0.05) is 38.9 Å². The van der Waals surface area contributed by atoms with Gasteiger partial charge >= 0.3 is 0 Å². The molecule has 2 aliphatic rings. The lowest BCUT2D eigenvalue weighted by Crippen LogP contribution is -2.47. The van der Waals surface area contributed by atoms with Crippen LogP contribution in [-0.4, -0.2) is 21.9 Å². The van der Waals surface area contributed by atoms with Crippen LogP contribution in [0.3, 0.4) is 0 Å². The number of nitrogens with one attached hydrogen (secondary N) is 1. The molecule has 0 heterocycles. The van der Waals surface area contributed by atoms with Crippen LogP contribution >= 0.6 is 0 Å². The van der Waals surface area contributed by atoms with Crippen molar-refractivity contribution >= 4 is 38.8 Å². The maximum atomic E-state index is 5.78. The lowest BCUT2D eigenvalue weighted by Gasteiger charge is -2.44. The third-order valence-electron chi connectivity index (χ3n) is 10.4. The van der Waals surface area contributed by atoms with Gasteiger partial charge in [0.15, 0.2) is 0 Å². The maximum Gasteiger partial charge on any atom is 0.0956 e. The van der Waals surface area contributed by atoms with Gasteiger partial charge in [-0.15, -0.1) is 0 Å². The summed E-state index contributed by atoms with van der Waals surface area (Å²) in [6.45, 7) is 34.0. The van der Waals surface area contributed by atoms with Crippen molar-refractivity contribution in [2.75, 3.05) is 5.32 Å². The Labute approximate surface area is 288 Å². The predicted molar refractivity (Wildman–Crippen MR) is 215 cm³/mol. The summed E-state index contributed by atoms with van der Waals surface area (Å²) in [5.41, 5.74) is 15.5. The van der Waals surface area contributed by atoms with Crippen LogP contribution in [0.15, 0.2) is 77.4 Å². The van der Waals surface area contributed by atoms with E-state index < -0.39 is 16.1 Å². The first-order valence-electron chi connectivity index (χ1n) is 18.1. The molecule has 1 N–H and O–H groups in total. The van der Waals surface area contributed by atoms with Crippen molar-refractivity contribution in [3.8, 4) is 0 Å². The topological polar surface area (TPSA) is 24.4 Å². The van der Waals surface area contributed by atoms with E-state index in [1.807, 2.05) is 0 Å². The zero-order chi connectivity index (χ0) is 34.6. The van der Waals surface area contributed by atoms with Crippen molar-refractivity contribution in [3.63, 3.8) is 0 Å². The van der Waals surface area contributed by atoms with Gasteiger partial charge in [0.05, 0.1) is 17.1 Å². The molecule has 0 amide bonds. The quantitative estimate of drug-likeness (QED) is 0.215. The fourth-order valence-electron chi connectivity index (χ4n) is 8.69. The van der Waals surface area contributed by atoms with E-state index in [9.17, 15) is 0 Å². The van der Waals surface area contributed by atoms with E-state index in [0.29, 0.717) is 29.6 Å². The summed E-state index contributed by atoms with van der Waals surface area (Å²) in [6, 6.07) is 20.7. The molecule has 250 valence electrons. The Bertz CT molecular complexity index is 1670. The molecule has 0 bridgehead atoms. The van der Waals surface area contributed by atoms with Crippen LogP contribution < -0.4 is 5.32 Å². The average molecular weight is 661 g/mol. The summed E-state index contributed by atoms with van der Waals surface area (Å²) in [7, 11) is -2.97. The molecule has 0 unspecified atom stereocenters. The van der Waals surface area contributed by atoms with Gasteiger partial charge in [-0.05, 0) is 62.2 Å². The zero-order valence-electron chi connectivity index (χ0n) is 31.8. The maximum absolute atomic E-state index is 5.78. The minimum Gasteiger partial charge on any atom is -0.353 e. The molecule has 0 spiro atoms. The highest BCUT2D eigenvalue weighted by atomic mass is 28.4. The van der Waals surface area contributed by atoms with Crippen LogP contribution in [-0.2, 0) is 0 Å². The molecule has 2 aliphatic carbocycles. The van der Waals surface area contributed by atoms with Crippen LogP contribution in [0.25, 0.3) is 5.57 Å². The number of aliphatic imine (C=N–C) groups is 1. The van der Waals surface area contributed by atoms with Crippen molar-refractivity contribution < 1.29 is 0 Å². The summed E-state index contributed by atoms with van der Waals surface area (Å²) < 4.78 is 0. The molecule has 0 fully saturated rings. The number of para-hydroxylation sites is 2. The highest BCUT2D eigenvalue weighted by Gasteiger charge is 2.45. The van der Waals surface area contributed by atoms with Crippen LogP contribution in [0, 0.1) is 0 Å². The highest BCUT2D eigenvalue weighted by molar-refractivity contribution is 6.96. The minimum absolute atomic E-state index is 0.378. The van der Waals surface area contributed by atoms with E-state index in [0.717, 1.165) is 22.3 Å². The number of rotatable bonds is 10. The van der Waals surface area contributed by atoms with Crippen molar-refractivity contribution in [1.29, 1.82) is 0 Å². The fraction of sp³-hybridized carbons (Fsp3) is 0.465. The highest BCUT2D eigenvalue weighted by Crippen LogP contribution is 2.52. The first-order chi connectivity index (χ1) is 21.9. The Hall–Kier alpha value is -2.96. The smallest absolute Gasteiger partial charge is 0.0956 e. The molecule has 5 rings (SSSR count). The number of allylic oxidation sites excluding steroid dienone is 4. The molecule has 0 saturated carbocycles. The lowest BCUT2D eigenvalue weighted by molar-refractivity contribution is 0.834. The monoisotopic (exact) mass is 660 g/mol. The van der Waals surface area contributed by atoms with E-state index in [4.69, 9.17) is 4.99 Å². The Kier molecular flexibility index (Phi) is 9.90. The molecule has 2 nitrogen and oxygen atoms in total. The largest absolute Gasteiger partial charge is 0.353 e. The number of anilines is 1. The molecule has 3 aromatic rings. The van der Waals surface area contributed by atoms with Crippen LogP contribution in [0.2, 0.25) is 44.4 Å². The molecular formula is C43H60N2Si2. The van der Waals surface area contributed by atoms with Gasteiger partial charge in [0.2, 0.25) is 0 Å². The average Bonchev–Trinajstić information content (AvgIpc) is 3.25. The summed E-state index contributed by atoms with van der Waals surface area (Å²) in [5, 5.41) is 4.87. The summed E-state index contributed by atoms with van der Waals surface area (Å²) >= 11 is 0. The van der Waals surface area contributed by atoms with E-state index in [1.165, 1.54) is 50.2 Å². The standard InChI is InChI=1S/C43H60N2Si2/c1-26(2)30-18-15-19-31(27(3)4)39(30)44-41-36-23-17-22-34-35(43(46(9,10)11)47(12,13)14)24-25-37(38(34)36)42(41)45-40-32(28(5)6)20-16-21-33(40)29(7)8/h15-29,35,43H,1-14H3,(H,44,45)/t35-/m1/s1. The van der Waals surface area contributed by atoms with Gasteiger partial charge in [0.1, 0.15) is 0 Å².